The van der Waals surface area contributed by atoms with Crippen molar-refractivity contribution >= 4 is 0 Å². The summed E-state index contributed by atoms with van der Waals surface area (Å²) in [6, 6.07) is 0.769. The maximum absolute atomic E-state index is 8.36. The van der Waals surface area contributed by atoms with E-state index in [-0.39, 0.29) is 19.6 Å². The fraction of sp³-hybridized carbons (Fsp3) is 1.00. The lowest BCUT2D eigenvalue weighted by Crippen LogP contribution is -2.11. The Labute approximate surface area is 216 Å². The van der Waals surface area contributed by atoms with E-state index in [0.717, 1.165) is 38.9 Å². The van der Waals surface area contributed by atoms with Gasteiger partial charge in [0.2, 0.25) is 0 Å². The van der Waals surface area contributed by atoms with Crippen LogP contribution in [0, 0.1) is 5.41 Å². The molecule has 0 saturated carbocycles. The fourth-order valence-corrected chi connectivity index (χ4v) is 0.192. The molecule has 6 N–H and O–H groups in total. The van der Waals surface area contributed by atoms with Crippen LogP contribution in [0.2, 0.25) is 0 Å². The van der Waals surface area contributed by atoms with E-state index in [1.54, 1.807) is 13.8 Å². The molecule has 0 radical (unpaired) electrons. The Bertz CT molecular complexity index is 275. The molecule has 6 heteroatoms. The minimum Gasteiger partial charge on any atom is -0.393 e. The molecule has 6 atom stereocenters. The molecule has 6 nitrogen and oxygen atoms in total. The molecular weight excluding hydrogens is 428 g/mol. The number of epoxide rings is 2. The predicted molar refractivity (Wildman–Crippen MR) is 155 cm³/mol. The maximum Gasteiger partial charge on any atom is 0.0781 e. The second-order valence-electron chi connectivity index (χ2n) is 10.6. The molecule has 2 heterocycles. The van der Waals surface area contributed by atoms with Gasteiger partial charge in [0.1, 0.15) is 0 Å². The summed E-state index contributed by atoms with van der Waals surface area (Å²) in [6.07, 6.45) is 4.82. The molecule has 216 valence electrons. The van der Waals surface area contributed by atoms with Crippen LogP contribution in [0.3, 0.4) is 0 Å². The van der Waals surface area contributed by atoms with Gasteiger partial charge in [0.15, 0.2) is 0 Å². The molecule has 0 bridgehead atoms. The van der Waals surface area contributed by atoms with Gasteiger partial charge in [-0.05, 0) is 72.6 Å². The lowest BCUT2D eigenvalue weighted by Gasteiger charge is -2.05. The second kappa shape index (κ2) is 32.8. The van der Waals surface area contributed by atoms with E-state index < -0.39 is 0 Å². The minimum absolute atomic E-state index is 0. The molecule has 0 aromatic heterocycles. The van der Waals surface area contributed by atoms with E-state index in [1.807, 2.05) is 27.7 Å². The Hall–Kier alpha value is -0.240. The van der Waals surface area contributed by atoms with E-state index in [9.17, 15) is 0 Å². The number of aliphatic hydroxyl groups excluding tert-OH is 2. The maximum atomic E-state index is 8.36. The fourth-order valence-electron chi connectivity index (χ4n) is 0.192. The van der Waals surface area contributed by atoms with Crippen molar-refractivity contribution in [2.45, 2.75) is 167 Å². The van der Waals surface area contributed by atoms with Crippen molar-refractivity contribution in [3.63, 3.8) is 0 Å². The first kappa shape index (κ1) is 47.0. The summed E-state index contributed by atoms with van der Waals surface area (Å²) in [5.74, 6) is 0. The van der Waals surface area contributed by atoms with Crippen LogP contribution in [-0.4, -0.2) is 59.9 Å². The summed E-state index contributed by atoms with van der Waals surface area (Å²) in [5, 5.41) is 16.7. The Morgan fingerprint density at radius 3 is 0.765 bits per heavy atom. The highest BCUT2D eigenvalue weighted by atomic mass is 16.6. The molecule has 2 aliphatic heterocycles. The molecule has 0 aliphatic carbocycles. The third-order valence-electron chi connectivity index (χ3n) is 3.47. The van der Waals surface area contributed by atoms with E-state index in [2.05, 4.69) is 55.4 Å². The zero-order chi connectivity index (χ0) is 27.6. The summed E-state index contributed by atoms with van der Waals surface area (Å²) in [5.41, 5.74) is 11.1. The van der Waals surface area contributed by atoms with Gasteiger partial charge >= 0.3 is 0 Å². The molecule has 34 heavy (non-hydrogen) atoms. The first-order valence-electron chi connectivity index (χ1n) is 13.0. The van der Waals surface area contributed by atoms with Gasteiger partial charge in [-0.2, -0.15) is 0 Å². The van der Waals surface area contributed by atoms with Gasteiger partial charge in [-0.25, -0.2) is 0 Å². The standard InChI is InChI=1S/C5H12.2C4H11N.2C4H10O.2C3H6O.CH4/c1-5(2,3)4;4*1-3-4(2)5;2*1-3-2-4-3;/h1-4H3;2*4H,3,5H2,1-2H3;2*4-5H,3H2,1-2H3;2*3H,2H2,1H3;1H4/t;4*4-;2*3-;/m.101000./s1. The molecule has 2 rings (SSSR count). The third-order valence-corrected chi connectivity index (χ3v) is 3.47. The van der Waals surface area contributed by atoms with Gasteiger partial charge in [-0.15, -0.1) is 0 Å². The van der Waals surface area contributed by atoms with Gasteiger partial charge in [-0.1, -0.05) is 62.8 Å². The highest BCUT2D eigenvalue weighted by Gasteiger charge is 2.13. The Kier molecular flexibility index (Phi) is 45.3. The topological polar surface area (TPSA) is 118 Å². The summed E-state index contributed by atoms with van der Waals surface area (Å²) >= 11 is 0. The second-order valence-corrected chi connectivity index (χ2v) is 10.6. The quantitative estimate of drug-likeness (QED) is 0.327. The SMILES string of the molecule is C.CC(C)(C)C.CC[C@@H](C)N.CC[C@@H](C)O.CC[C@H](C)N.CC[C@H](C)O.C[C@H]1CO1.C[C@H]1CO1. The van der Waals surface area contributed by atoms with Crippen molar-refractivity contribution in [1.82, 2.24) is 0 Å². The van der Waals surface area contributed by atoms with Crippen LogP contribution in [0.25, 0.3) is 0 Å². The largest absolute Gasteiger partial charge is 0.393 e. The van der Waals surface area contributed by atoms with Crippen LogP contribution >= 0.6 is 0 Å². The van der Waals surface area contributed by atoms with Crippen molar-refractivity contribution in [3.8, 4) is 0 Å². The van der Waals surface area contributed by atoms with Crippen molar-refractivity contribution in [3.05, 3.63) is 0 Å². The van der Waals surface area contributed by atoms with Crippen molar-refractivity contribution in [2.75, 3.05) is 13.2 Å². The number of nitrogens with two attached hydrogens (primary N) is 2. The number of aliphatic hydroxyl groups is 2. The molecular formula is C28H70N2O4. The van der Waals surface area contributed by atoms with E-state index in [0.29, 0.717) is 29.7 Å². The molecule has 2 saturated heterocycles. The van der Waals surface area contributed by atoms with Crippen LogP contribution in [0.4, 0.5) is 0 Å². The lowest BCUT2D eigenvalue weighted by molar-refractivity contribution is 0.190. The van der Waals surface area contributed by atoms with Crippen LogP contribution in [0.15, 0.2) is 0 Å². The minimum atomic E-state index is -0.116. The highest BCUT2D eigenvalue weighted by Crippen LogP contribution is 2.08. The molecule has 0 amide bonds. The van der Waals surface area contributed by atoms with Crippen molar-refractivity contribution in [2.24, 2.45) is 16.9 Å². The van der Waals surface area contributed by atoms with Gasteiger partial charge in [0.05, 0.1) is 37.6 Å². The average Bonchev–Trinajstić information content (AvgIpc) is 3.63. The highest BCUT2D eigenvalue weighted by molar-refractivity contribution is 4.58. The zero-order valence-corrected chi connectivity index (χ0v) is 25.1. The first-order chi connectivity index (χ1) is 14.9. The molecule has 0 aromatic carbocycles. The molecule has 0 spiro atoms. The van der Waals surface area contributed by atoms with E-state index in [4.69, 9.17) is 31.2 Å². The molecule has 2 aliphatic rings. The lowest BCUT2D eigenvalue weighted by atomic mass is 10.0. The van der Waals surface area contributed by atoms with Gasteiger partial charge in [0.25, 0.3) is 0 Å². The third kappa shape index (κ3) is 159. The summed E-state index contributed by atoms with van der Waals surface area (Å²) in [4.78, 5) is 0. The van der Waals surface area contributed by atoms with Crippen molar-refractivity contribution in [1.29, 1.82) is 0 Å². The summed E-state index contributed by atoms with van der Waals surface area (Å²) in [6.45, 7) is 30.4. The van der Waals surface area contributed by atoms with Gasteiger partial charge in [0, 0.05) is 12.1 Å². The molecule has 0 aromatic rings. The monoisotopic (exact) mass is 499 g/mol. The molecule has 0 unspecified atom stereocenters. The van der Waals surface area contributed by atoms with Gasteiger partial charge in [-0.3, -0.25) is 0 Å². The smallest absolute Gasteiger partial charge is 0.0781 e. The molecule has 2 fully saturated rings. The van der Waals surface area contributed by atoms with Crippen LogP contribution < -0.4 is 11.5 Å². The number of hydrogen-bond donors (Lipinski definition) is 4. The summed E-state index contributed by atoms with van der Waals surface area (Å²) in [7, 11) is 0. The Morgan fingerprint density at radius 1 is 0.676 bits per heavy atom. The Morgan fingerprint density at radius 2 is 0.765 bits per heavy atom. The number of rotatable bonds is 4. The predicted octanol–water partition coefficient (Wildman–Crippen LogP) is 6.54. The normalized spacial score (nSPS) is 19.9. The number of ether oxygens (including phenoxy) is 2. The van der Waals surface area contributed by atoms with Crippen LogP contribution in [0.1, 0.15) is 130 Å². The van der Waals surface area contributed by atoms with E-state index >= 15 is 0 Å². The van der Waals surface area contributed by atoms with Crippen molar-refractivity contribution < 1.29 is 19.7 Å². The zero-order valence-electron chi connectivity index (χ0n) is 25.1. The first-order valence-corrected chi connectivity index (χ1v) is 13.0. The van der Waals surface area contributed by atoms with Gasteiger partial charge < -0.3 is 31.2 Å². The average molecular weight is 499 g/mol. The summed E-state index contributed by atoms with van der Waals surface area (Å²) < 4.78 is 9.42. The van der Waals surface area contributed by atoms with Crippen LogP contribution in [0.5, 0.6) is 0 Å². The Balaban J connectivity index is -0.0000000669. The number of hydrogen-bond acceptors (Lipinski definition) is 6. The van der Waals surface area contributed by atoms with Crippen LogP contribution in [-0.2, 0) is 9.47 Å². The van der Waals surface area contributed by atoms with E-state index in [1.165, 1.54) is 0 Å².